The van der Waals surface area contributed by atoms with Crippen molar-refractivity contribution in [1.82, 2.24) is 4.31 Å². The van der Waals surface area contributed by atoms with Crippen molar-refractivity contribution in [2.24, 2.45) is 0 Å². The molecule has 1 aromatic rings. The summed E-state index contributed by atoms with van der Waals surface area (Å²) in [6.07, 6.45) is 1.93. The van der Waals surface area contributed by atoms with Crippen molar-refractivity contribution in [2.75, 3.05) is 25.6 Å². The van der Waals surface area contributed by atoms with Crippen LogP contribution in [-0.2, 0) is 16.6 Å². The Kier molecular flexibility index (Phi) is 6.13. The van der Waals surface area contributed by atoms with Gasteiger partial charge in [-0.15, -0.1) is 0 Å². The largest absolute Gasteiger partial charge is 0.392 e. The van der Waals surface area contributed by atoms with E-state index < -0.39 is 10.0 Å². The van der Waals surface area contributed by atoms with E-state index in [1.807, 2.05) is 6.26 Å². The minimum absolute atomic E-state index is 0.176. The number of sulfonamides is 1. The van der Waals surface area contributed by atoms with Crippen LogP contribution in [0.1, 0.15) is 5.56 Å². The number of halogens is 1. The molecule has 18 heavy (non-hydrogen) atoms. The summed E-state index contributed by atoms with van der Waals surface area (Å²) in [5.41, 5.74) is 0.579. The monoisotopic (exact) mass is 353 g/mol. The number of hydrogen-bond donors (Lipinski definition) is 1. The number of benzene rings is 1. The van der Waals surface area contributed by atoms with Crippen molar-refractivity contribution < 1.29 is 13.5 Å². The molecule has 7 heteroatoms. The minimum atomic E-state index is -3.51. The molecule has 0 heterocycles. The van der Waals surface area contributed by atoms with Gasteiger partial charge in [0.15, 0.2) is 0 Å². The molecule has 0 aliphatic rings. The van der Waals surface area contributed by atoms with Crippen LogP contribution >= 0.6 is 27.7 Å². The van der Waals surface area contributed by atoms with Gasteiger partial charge in [-0.05, 0) is 39.9 Å². The molecule has 0 fully saturated rings. The van der Waals surface area contributed by atoms with E-state index in [0.29, 0.717) is 16.6 Å². The quantitative estimate of drug-likeness (QED) is 0.848. The molecule has 0 spiro atoms. The van der Waals surface area contributed by atoms with Gasteiger partial charge in [-0.3, -0.25) is 0 Å². The van der Waals surface area contributed by atoms with Gasteiger partial charge in [0.1, 0.15) is 0 Å². The lowest BCUT2D eigenvalue weighted by Crippen LogP contribution is -2.29. The van der Waals surface area contributed by atoms with Crippen molar-refractivity contribution in [3.63, 3.8) is 0 Å². The fourth-order valence-electron chi connectivity index (χ4n) is 1.35. The molecule has 1 aromatic carbocycles. The van der Waals surface area contributed by atoms with Crippen LogP contribution in [0.3, 0.4) is 0 Å². The highest BCUT2D eigenvalue weighted by Crippen LogP contribution is 2.25. The van der Waals surface area contributed by atoms with Gasteiger partial charge < -0.3 is 5.11 Å². The summed E-state index contributed by atoms with van der Waals surface area (Å²) in [6.45, 7) is 0.281. The molecule has 0 atom stereocenters. The van der Waals surface area contributed by atoms with E-state index in [2.05, 4.69) is 15.9 Å². The average molecular weight is 354 g/mol. The standard InChI is InChI=1S/C11H16BrNO3S2/c1-13(5-6-17-2)18(15,16)11-7-9(8-14)3-4-10(11)12/h3-4,7,14H,5-6,8H2,1-2H3. The van der Waals surface area contributed by atoms with Crippen LogP contribution in [0, 0.1) is 0 Å². The van der Waals surface area contributed by atoms with E-state index in [1.54, 1.807) is 30.9 Å². The Bertz CT molecular complexity index is 505. The van der Waals surface area contributed by atoms with Gasteiger partial charge in [0.05, 0.1) is 11.5 Å². The number of hydrogen-bond acceptors (Lipinski definition) is 4. The van der Waals surface area contributed by atoms with Crippen molar-refractivity contribution in [3.8, 4) is 0 Å². The van der Waals surface area contributed by atoms with Gasteiger partial charge in [0, 0.05) is 23.8 Å². The molecule has 0 aromatic heterocycles. The first-order chi connectivity index (χ1) is 8.43. The Morgan fingerprint density at radius 3 is 2.67 bits per heavy atom. The van der Waals surface area contributed by atoms with E-state index >= 15 is 0 Å². The molecule has 0 bridgehead atoms. The minimum Gasteiger partial charge on any atom is -0.392 e. The maximum atomic E-state index is 12.3. The van der Waals surface area contributed by atoms with Gasteiger partial charge in [-0.1, -0.05) is 6.07 Å². The maximum absolute atomic E-state index is 12.3. The lowest BCUT2D eigenvalue weighted by Gasteiger charge is -2.18. The van der Waals surface area contributed by atoms with E-state index in [0.717, 1.165) is 5.75 Å². The molecule has 0 aliphatic carbocycles. The Morgan fingerprint density at radius 2 is 2.11 bits per heavy atom. The number of thioether (sulfide) groups is 1. The van der Waals surface area contributed by atoms with Crippen LogP contribution in [-0.4, -0.2) is 43.4 Å². The summed E-state index contributed by atoms with van der Waals surface area (Å²) in [5, 5.41) is 9.07. The first-order valence-corrected chi connectivity index (χ1v) is 8.90. The Hall–Kier alpha value is -0.0800. The second-order valence-corrected chi connectivity index (χ2v) is 7.60. The number of rotatable bonds is 6. The van der Waals surface area contributed by atoms with Crippen LogP contribution in [0.2, 0.25) is 0 Å². The molecule has 0 aliphatic heterocycles. The fourth-order valence-corrected chi connectivity index (χ4v) is 4.07. The number of aliphatic hydroxyl groups is 1. The lowest BCUT2D eigenvalue weighted by atomic mass is 10.2. The van der Waals surface area contributed by atoms with Crippen LogP contribution in [0.15, 0.2) is 27.6 Å². The molecule has 102 valence electrons. The third kappa shape index (κ3) is 3.71. The second kappa shape index (κ2) is 6.91. The molecule has 0 radical (unpaired) electrons. The van der Waals surface area contributed by atoms with E-state index in [9.17, 15) is 8.42 Å². The zero-order valence-corrected chi connectivity index (χ0v) is 13.5. The van der Waals surface area contributed by atoms with Gasteiger partial charge in [0.25, 0.3) is 0 Å². The highest BCUT2D eigenvalue weighted by atomic mass is 79.9. The molecular formula is C11H16BrNO3S2. The predicted octanol–water partition coefficient (Wildman–Crippen LogP) is 1.92. The van der Waals surface area contributed by atoms with E-state index in [4.69, 9.17) is 5.11 Å². The van der Waals surface area contributed by atoms with Crippen LogP contribution in [0.4, 0.5) is 0 Å². The van der Waals surface area contributed by atoms with Crippen LogP contribution < -0.4 is 0 Å². The Balaban J connectivity index is 3.11. The SMILES string of the molecule is CSCCN(C)S(=O)(=O)c1cc(CO)ccc1Br. The van der Waals surface area contributed by atoms with Crippen molar-refractivity contribution in [2.45, 2.75) is 11.5 Å². The Labute approximate surface area is 121 Å². The Morgan fingerprint density at radius 1 is 1.44 bits per heavy atom. The fraction of sp³-hybridized carbons (Fsp3) is 0.455. The topological polar surface area (TPSA) is 57.6 Å². The van der Waals surface area contributed by atoms with E-state index in [1.165, 1.54) is 10.4 Å². The molecule has 4 nitrogen and oxygen atoms in total. The zero-order valence-electron chi connectivity index (χ0n) is 10.3. The van der Waals surface area contributed by atoms with Crippen LogP contribution in [0.25, 0.3) is 0 Å². The first-order valence-electron chi connectivity index (χ1n) is 5.28. The zero-order chi connectivity index (χ0) is 13.8. The third-order valence-electron chi connectivity index (χ3n) is 2.48. The first kappa shape index (κ1) is 16.0. The lowest BCUT2D eigenvalue weighted by molar-refractivity contribution is 0.281. The second-order valence-electron chi connectivity index (χ2n) is 3.74. The van der Waals surface area contributed by atoms with Crippen molar-refractivity contribution in [1.29, 1.82) is 0 Å². The normalized spacial score (nSPS) is 12.1. The smallest absolute Gasteiger partial charge is 0.243 e. The summed E-state index contributed by atoms with van der Waals surface area (Å²) >= 11 is 4.83. The van der Waals surface area contributed by atoms with Gasteiger partial charge >= 0.3 is 0 Å². The van der Waals surface area contributed by atoms with Gasteiger partial charge in [0.2, 0.25) is 10.0 Å². The summed E-state index contributed by atoms with van der Waals surface area (Å²) in [5.74, 6) is 0.743. The van der Waals surface area contributed by atoms with Gasteiger partial charge in [-0.2, -0.15) is 11.8 Å². The van der Waals surface area contributed by atoms with E-state index in [-0.39, 0.29) is 11.5 Å². The van der Waals surface area contributed by atoms with Crippen LogP contribution in [0.5, 0.6) is 0 Å². The number of aliphatic hydroxyl groups excluding tert-OH is 1. The molecule has 0 amide bonds. The summed E-state index contributed by atoms with van der Waals surface area (Å²) in [4.78, 5) is 0.192. The molecular weight excluding hydrogens is 338 g/mol. The summed E-state index contributed by atoms with van der Waals surface area (Å²) < 4.78 is 26.5. The third-order valence-corrected chi connectivity index (χ3v) is 5.92. The molecule has 0 saturated heterocycles. The summed E-state index contributed by atoms with van der Waals surface area (Å²) in [7, 11) is -1.95. The highest BCUT2D eigenvalue weighted by Gasteiger charge is 2.23. The maximum Gasteiger partial charge on any atom is 0.243 e. The predicted molar refractivity (Wildman–Crippen MR) is 78.3 cm³/mol. The number of nitrogens with zero attached hydrogens (tertiary/aromatic N) is 1. The molecule has 1 rings (SSSR count). The average Bonchev–Trinajstić information content (AvgIpc) is 2.36. The van der Waals surface area contributed by atoms with Crippen molar-refractivity contribution in [3.05, 3.63) is 28.2 Å². The summed E-state index contributed by atoms with van der Waals surface area (Å²) in [6, 6.07) is 4.82. The van der Waals surface area contributed by atoms with Crippen molar-refractivity contribution >= 4 is 37.7 Å². The van der Waals surface area contributed by atoms with Gasteiger partial charge in [-0.25, -0.2) is 12.7 Å². The highest BCUT2D eigenvalue weighted by molar-refractivity contribution is 9.10. The molecule has 0 unspecified atom stereocenters. The molecule has 1 N–H and O–H groups in total. The molecule has 0 saturated carbocycles.